The van der Waals surface area contributed by atoms with E-state index in [4.69, 9.17) is 9.26 Å². The number of esters is 1. The molecule has 128 valence electrons. The molecular formula is C18H15BrN2O3S. The maximum atomic E-state index is 11.8. The first-order valence-corrected chi connectivity index (χ1v) is 9.31. The predicted molar refractivity (Wildman–Crippen MR) is 99.1 cm³/mol. The summed E-state index contributed by atoms with van der Waals surface area (Å²) in [7, 11) is 0. The molecule has 0 saturated carbocycles. The van der Waals surface area contributed by atoms with E-state index in [0.717, 1.165) is 20.5 Å². The van der Waals surface area contributed by atoms with E-state index in [1.165, 1.54) is 11.8 Å². The third-order valence-electron chi connectivity index (χ3n) is 3.30. The van der Waals surface area contributed by atoms with Gasteiger partial charge in [-0.3, -0.25) is 4.79 Å². The Morgan fingerprint density at radius 2 is 1.88 bits per heavy atom. The van der Waals surface area contributed by atoms with Crippen molar-refractivity contribution in [2.75, 3.05) is 5.75 Å². The minimum Gasteiger partial charge on any atom is -0.455 e. The van der Waals surface area contributed by atoms with E-state index in [-0.39, 0.29) is 24.2 Å². The number of carbonyl (C=O) groups is 1. The van der Waals surface area contributed by atoms with Gasteiger partial charge in [0.05, 0.1) is 5.75 Å². The Morgan fingerprint density at radius 1 is 1.16 bits per heavy atom. The molecule has 0 amide bonds. The van der Waals surface area contributed by atoms with Crippen LogP contribution in [0.3, 0.4) is 0 Å². The van der Waals surface area contributed by atoms with Crippen molar-refractivity contribution in [3.8, 4) is 11.4 Å². The third-order valence-corrected chi connectivity index (χ3v) is 4.82. The second kappa shape index (κ2) is 8.31. The number of carbonyl (C=O) groups excluding carboxylic acids is 1. The Kier molecular flexibility index (Phi) is 5.88. The summed E-state index contributed by atoms with van der Waals surface area (Å²) >= 11 is 4.79. The number of aromatic nitrogens is 2. The fourth-order valence-electron chi connectivity index (χ4n) is 1.99. The van der Waals surface area contributed by atoms with Crippen LogP contribution < -0.4 is 0 Å². The topological polar surface area (TPSA) is 65.2 Å². The molecule has 0 saturated heterocycles. The fourth-order valence-corrected chi connectivity index (χ4v) is 2.95. The van der Waals surface area contributed by atoms with Gasteiger partial charge in [0.25, 0.3) is 5.89 Å². The van der Waals surface area contributed by atoms with Gasteiger partial charge in [-0.15, -0.1) is 11.8 Å². The van der Waals surface area contributed by atoms with E-state index < -0.39 is 0 Å². The lowest BCUT2D eigenvalue weighted by atomic mass is 10.1. The molecule has 0 N–H and O–H groups in total. The van der Waals surface area contributed by atoms with Crippen LogP contribution in [0.2, 0.25) is 0 Å². The molecule has 7 heteroatoms. The first-order chi connectivity index (χ1) is 12.1. The van der Waals surface area contributed by atoms with Gasteiger partial charge in [0.2, 0.25) is 5.82 Å². The molecular weight excluding hydrogens is 404 g/mol. The molecule has 0 spiro atoms. The number of hydrogen-bond acceptors (Lipinski definition) is 6. The minimum atomic E-state index is -0.331. The summed E-state index contributed by atoms with van der Waals surface area (Å²) < 4.78 is 11.3. The maximum absolute atomic E-state index is 11.8. The zero-order valence-electron chi connectivity index (χ0n) is 13.4. The molecule has 0 unspecified atom stereocenters. The highest BCUT2D eigenvalue weighted by Crippen LogP contribution is 2.21. The first-order valence-electron chi connectivity index (χ1n) is 7.54. The van der Waals surface area contributed by atoms with Gasteiger partial charge in [-0.2, -0.15) is 4.98 Å². The number of rotatable bonds is 6. The number of ether oxygens (including phenoxy) is 1. The van der Waals surface area contributed by atoms with Crippen LogP contribution in [0.5, 0.6) is 0 Å². The Morgan fingerprint density at radius 3 is 2.60 bits per heavy atom. The Hall–Kier alpha value is -2.12. The van der Waals surface area contributed by atoms with Crippen molar-refractivity contribution < 1.29 is 14.1 Å². The number of aryl methyl sites for hydroxylation is 1. The fraction of sp³-hybridized carbons (Fsp3) is 0.167. The highest BCUT2D eigenvalue weighted by atomic mass is 79.9. The quantitative estimate of drug-likeness (QED) is 0.428. The maximum Gasteiger partial charge on any atom is 0.316 e. The van der Waals surface area contributed by atoms with Crippen molar-refractivity contribution in [2.24, 2.45) is 0 Å². The molecule has 2 aromatic carbocycles. The van der Waals surface area contributed by atoms with Crippen molar-refractivity contribution in [1.29, 1.82) is 0 Å². The van der Waals surface area contributed by atoms with E-state index in [1.807, 2.05) is 55.5 Å². The normalized spacial score (nSPS) is 10.6. The molecule has 3 rings (SSSR count). The largest absolute Gasteiger partial charge is 0.455 e. The lowest BCUT2D eigenvalue weighted by Crippen LogP contribution is -2.07. The van der Waals surface area contributed by atoms with Gasteiger partial charge in [-0.25, -0.2) is 0 Å². The summed E-state index contributed by atoms with van der Waals surface area (Å²) in [6, 6.07) is 15.5. The van der Waals surface area contributed by atoms with Crippen LogP contribution in [0.25, 0.3) is 11.4 Å². The van der Waals surface area contributed by atoms with Crippen LogP contribution in [-0.4, -0.2) is 21.9 Å². The number of benzene rings is 2. The average molecular weight is 419 g/mol. The van der Waals surface area contributed by atoms with E-state index in [0.29, 0.717) is 5.82 Å². The summed E-state index contributed by atoms with van der Waals surface area (Å²) in [5.74, 6) is 0.650. The standard InChI is InChI=1S/C18H15BrN2O3S/c1-12-2-4-13(5-3-12)18-20-16(24-21-18)10-23-17(22)11-25-15-8-6-14(19)7-9-15/h2-9H,10-11H2,1H3. The summed E-state index contributed by atoms with van der Waals surface area (Å²) in [5.41, 5.74) is 2.02. The zero-order chi connectivity index (χ0) is 17.6. The molecule has 1 aromatic heterocycles. The highest BCUT2D eigenvalue weighted by molar-refractivity contribution is 9.10. The molecule has 0 aliphatic carbocycles. The summed E-state index contributed by atoms with van der Waals surface area (Å²) in [4.78, 5) is 17.1. The zero-order valence-corrected chi connectivity index (χ0v) is 15.8. The number of hydrogen-bond donors (Lipinski definition) is 0. The average Bonchev–Trinajstić information content (AvgIpc) is 3.09. The molecule has 0 atom stereocenters. The van der Waals surface area contributed by atoms with E-state index in [9.17, 15) is 4.79 Å². The Labute approximate surface area is 157 Å². The van der Waals surface area contributed by atoms with Crippen LogP contribution in [-0.2, 0) is 16.1 Å². The second-order valence-corrected chi connectivity index (χ2v) is 7.25. The Bertz CT molecular complexity index is 848. The number of thioether (sulfide) groups is 1. The molecule has 25 heavy (non-hydrogen) atoms. The van der Waals surface area contributed by atoms with Gasteiger partial charge >= 0.3 is 5.97 Å². The van der Waals surface area contributed by atoms with Crippen molar-refractivity contribution in [1.82, 2.24) is 10.1 Å². The van der Waals surface area contributed by atoms with Crippen molar-refractivity contribution in [3.05, 3.63) is 64.5 Å². The van der Waals surface area contributed by atoms with E-state index >= 15 is 0 Å². The molecule has 0 radical (unpaired) electrons. The van der Waals surface area contributed by atoms with E-state index in [1.54, 1.807) is 0 Å². The van der Waals surface area contributed by atoms with Crippen molar-refractivity contribution in [3.63, 3.8) is 0 Å². The van der Waals surface area contributed by atoms with Crippen LogP contribution in [0.4, 0.5) is 0 Å². The van der Waals surface area contributed by atoms with Gasteiger partial charge in [0.15, 0.2) is 6.61 Å². The van der Waals surface area contributed by atoms with Crippen LogP contribution in [0.1, 0.15) is 11.5 Å². The molecule has 0 bridgehead atoms. The first kappa shape index (κ1) is 17.7. The molecule has 3 aromatic rings. The van der Waals surface area contributed by atoms with Gasteiger partial charge in [0.1, 0.15) is 0 Å². The lowest BCUT2D eigenvalue weighted by molar-refractivity contribution is -0.142. The van der Waals surface area contributed by atoms with E-state index in [2.05, 4.69) is 26.1 Å². The van der Waals surface area contributed by atoms with Crippen LogP contribution in [0.15, 0.2) is 62.4 Å². The lowest BCUT2D eigenvalue weighted by Gasteiger charge is -2.02. The molecule has 5 nitrogen and oxygen atoms in total. The van der Waals surface area contributed by atoms with Gasteiger partial charge in [-0.05, 0) is 31.2 Å². The molecule has 0 aliphatic rings. The monoisotopic (exact) mass is 418 g/mol. The molecule has 0 fully saturated rings. The smallest absolute Gasteiger partial charge is 0.316 e. The third kappa shape index (κ3) is 5.17. The van der Waals surface area contributed by atoms with Crippen molar-refractivity contribution in [2.45, 2.75) is 18.4 Å². The summed E-state index contributed by atoms with van der Waals surface area (Å²) in [6.07, 6.45) is 0. The number of halogens is 1. The SMILES string of the molecule is Cc1ccc(-c2noc(COC(=O)CSc3ccc(Br)cc3)n2)cc1. The molecule has 1 heterocycles. The minimum absolute atomic E-state index is 0.0292. The second-order valence-electron chi connectivity index (χ2n) is 5.28. The van der Waals surface area contributed by atoms with Gasteiger partial charge in [0, 0.05) is 14.9 Å². The van der Waals surface area contributed by atoms with Crippen LogP contribution >= 0.6 is 27.7 Å². The molecule has 0 aliphatic heterocycles. The summed E-state index contributed by atoms with van der Waals surface area (Å²) in [6.45, 7) is 1.98. The predicted octanol–water partition coefficient (Wildman–Crippen LogP) is 4.64. The van der Waals surface area contributed by atoms with Crippen molar-refractivity contribution >= 4 is 33.7 Å². The summed E-state index contributed by atoms with van der Waals surface area (Å²) in [5, 5.41) is 3.91. The van der Waals surface area contributed by atoms with Crippen LogP contribution in [0, 0.1) is 6.92 Å². The number of nitrogens with zero attached hydrogens (tertiary/aromatic N) is 2. The highest BCUT2D eigenvalue weighted by Gasteiger charge is 2.11. The Balaban J connectivity index is 1.49. The van der Waals surface area contributed by atoms with Gasteiger partial charge < -0.3 is 9.26 Å². The van der Waals surface area contributed by atoms with Gasteiger partial charge in [-0.1, -0.05) is 50.9 Å².